The average molecular weight is 287 g/mol. The van der Waals surface area contributed by atoms with Crippen molar-refractivity contribution >= 4 is 10.0 Å². The summed E-state index contributed by atoms with van der Waals surface area (Å²) in [5.74, 6) is 0.135. The quantitative estimate of drug-likeness (QED) is 0.708. The number of nitrogens with zero attached hydrogens (tertiary/aromatic N) is 2. The van der Waals surface area contributed by atoms with Gasteiger partial charge in [0.05, 0.1) is 17.6 Å². The molecule has 0 radical (unpaired) electrons. The summed E-state index contributed by atoms with van der Waals surface area (Å²) in [6.07, 6.45) is 6.91. The summed E-state index contributed by atoms with van der Waals surface area (Å²) >= 11 is 0. The zero-order valence-electron chi connectivity index (χ0n) is 11.9. The Hall–Kier alpha value is -0.880. The lowest BCUT2D eigenvalue weighted by molar-refractivity contribution is 0.549. The smallest absolute Gasteiger partial charge is 0.254 e. The van der Waals surface area contributed by atoms with Gasteiger partial charge in [0.2, 0.25) is 0 Å². The normalized spacial score (nSPS) is 13.6. The second-order valence-electron chi connectivity index (χ2n) is 4.87. The van der Waals surface area contributed by atoms with Gasteiger partial charge >= 0.3 is 0 Å². The Kier molecular flexibility index (Phi) is 6.51. The zero-order valence-corrected chi connectivity index (χ0v) is 12.7. The molecule has 0 spiro atoms. The first-order valence-corrected chi connectivity index (χ1v) is 8.66. The van der Waals surface area contributed by atoms with E-state index in [9.17, 15) is 8.42 Å². The summed E-state index contributed by atoms with van der Waals surface area (Å²) in [5.41, 5.74) is 6.65. The SMILES string of the molecule is CCCCCS(=O)(=O)n1nccc1C(N)CCCC. The summed E-state index contributed by atoms with van der Waals surface area (Å²) in [4.78, 5) is 0. The van der Waals surface area contributed by atoms with Gasteiger partial charge < -0.3 is 5.73 Å². The van der Waals surface area contributed by atoms with Gasteiger partial charge in [0.15, 0.2) is 0 Å². The van der Waals surface area contributed by atoms with E-state index in [1.54, 1.807) is 6.07 Å². The number of aromatic nitrogens is 2. The van der Waals surface area contributed by atoms with Crippen LogP contribution >= 0.6 is 0 Å². The van der Waals surface area contributed by atoms with Crippen LogP contribution in [0, 0.1) is 0 Å². The van der Waals surface area contributed by atoms with Crippen molar-refractivity contribution in [3.63, 3.8) is 0 Å². The minimum atomic E-state index is -3.36. The van der Waals surface area contributed by atoms with Crippen LogP contribution < -0.4 is 5.73 Å². The molecule has 19 heavy (non-hydrogen) atoms. The molecule has 0 aromatic carbocycles. The number of unbranched alkanes of at least 4 members (excludes halogenated alkanes) is 3. The maximum absolute atomic E-state index is 12.2. The van der Waals surface area contributed by atoms with Crippen LogP contribution in [0.1, 0.15) is 64.1 Å². The van der Waals surface area contributed by atoms with Gasteiger partial charge in [-0.1, -0.05) is 39.5 Å². The third kappa shape index (κ3) is 4.62. The third-order valence-corrected chi connectivity index (χ3v) is 4.79. The van der Waals surface area contributed by atoms with Crippen LogP contribution in [0.2, 0.25) is 0 Å². The molecule has 0 saturated heterocycles. The predicted octanol–water partition coefficient (Wildman–Crippen LogP) is 2.44. The van der Waals surface area contributed by atoms with Crippen molar-refractivity contribution in [3.05, 3.63) is 18.0 Å². The molecule has 0 saturated carbocycles. The average Bonchev–Trinajstić information content (AvgIpc) is 2.86. The van der Waals surface area contributed by atoms with Gasteiger partial charge in [-0.05, 0) is 18.9 Å². The number of hydrogen-bond acceptors (Lipinski definition) is 4. The molecular weight excluding hydrogens is 262 g/mol. The van der Waals surface area contributed by atoms with Gasteiger partial charge in [0.25, 0.3) is 10.0 Å². The number of nitrogens with two attached hydrogens (primary N) is 1. The molecule has 6 heteroatoms. The molecule has 0 aliphatic carbocycles. The maximum atomic E-state index is 12.2. The number of hydrogen-bond donors (Lipinski definition) is 1. The molecule has 1 aromatic rings. The molecular formula is C13H25N3O2S. The van der Waals surface area contributed by atoms with Crippen LogP contribution in [0.15, 0.2) is 12.3 Å². The van der Waals surface area contributed by atoms with E-state index < -0.39 is 10.0 Å². The second kappa shape index (κ2) is 7.65. The molecule has 0 amide bonds. The zero-order chi connectivity index (χ0) is 14.3. The Bertz CT molecular complexity index is 468. The second-order valence-corrected chi connectivity index (χ2v) is 6.79. The van der Waals surface area contributed by atoms with E-state index in [0.29, 0.717) is 12.1 Å². The molecule has 0 bridgehead atoms. The molecule has 2 N–H and O–H groups in total. The van der Waals surface area contributed by atoms with Gasteiger partial charge in [-0.15, -0.1) is 0 Å². The minimum Gasteiger partial charge on any atom is -0.323 e. The van der Waals surface area contributed by atoms with Crippen molar-refractivity contribution in [1.82, 2.24) is 9.19 Å². The fourth-order valence-electron chi connectivity index (χ4n) is 1.99. The lowest BCUT2D eigenvalue weighted by Crippen LogP contribution is -2.24. The van der Waals surface area contributed by atoms with E-state index in [-0.39, 0.29) is 11.8 Å². The topological polar surface area (TPSA) is 78.0 Å². The Balaban J connectivity index is 2.80. The highest BCUT2D eigenvalue weighted by Gasteiger charge is 2.20. The van der Waals surface area contributed by atoms with Crippen LogP contribution in [0.3, 0.4) is 0 Å². The Morgan fingerprint density at radius 3 is 2.58 bits per heavy atom. The summed E-state index contributed by atoms with van der Waals surface area (Å²) in [6, 6.07) is 1.45. The van der Waals surface area contributed by atoms with Crippen molar-refractivity contribution in [2.24, 2.45) is 5.73 Å². The van der Waals surface area contributed by atoms with Gasteiger partial charge in [-0.3, -0.25) is 0 Å². The first kappa shape index (κ1) is 16.2. The molecule has 1 aromatic heterocycles. The molecule has 1 heterocycles. The van der Waals surface area contributed by atoms with Gasteiger partial charge in [0, 0.05) is 6.04 Å². The van der Waals surface area contributed by atoms with Crippen molar-refractivity contribution in [2.75, 3.05) is 5.75 Å². The van der Waals surface area contributed by atoms with E-state index in [1.807, 2.05) is 6.92 Å². The van der Waals surface area contributed by atoms with Crippen molar-refractivity contribution in [1.29, 1.82) is 0 Å². The minimum absolute atomic E-state index is 0.135. The molecule has 0 aliphatic heterocycles. The first-order valence-electron chi connectivity index (χ1n) is 7.05. The van der Waals surface area contributed by atoms with Crippen molar-refractivity contribution < 1.29 is 8.42 Å². The fourth-order valence-corrected chi connectivity index (χ4v) is 3.45. The summed E-state index contributed by atoms with van der Waals surface area (Å²) in [6.45, 7) is 4.14. The molecule has 1 rings (SSSR count). The van der Waals surface area contributed by atoms with Gasteiger partial charge in [-0.25, -0.2) is 8.42 Å². The van der Waals surface area contributed by atoms with E-state index >= 15 is 0 Å². The highest BCUT2D eigenvalue weighted by atomic mass is 32.2. The van der Waals surface area contributed by atoms with E-state index in [4.69, 9.17) is 5.73 Å². The summed E-state index contributed by atoms with van der Waals surface area (Å²) < 4.78 is 25.6. The largest absolute Gasteiger partial charge is 0.323 e. The van der Waals surface area contributed by atoms with Crippen LogP contribution in [-0.2, 0) is 10.0 Å². The third-order valence-electron chi connectivity index (χ3n) is 3.16. The molecule has 1 atom stereocenters. The predicted molar refractivity (Wildman–Crippen MR) is 77.4 cm³/mol. The molecule has 1 unspecified atom stereocenters. The Labute approximate surface area is 116 Å². The summed E-state index contributed by atoms with van der Waals surface area (Å²) in [7, 11) is -3.36. The van der Waals surface area contributed by atoms with Crippen molar-refractivity contribution in [2.45, 2.75) is 58.4 Å². The van der Waals surface area contributed by atoms with Crippen molar-refractivity contribution in [3.8, 4) is 0 Å². The first-order chi connectivity index (χ1) is 9.03. The standard InChI is InChI=1S/C13H25N3O2S/c1-3-5-7-11-19(17,18)16-13(9-10-15-16)12(14)8-6-4-2/h9-10,12H,3-8,11,14H2,1-2H3. The van der Waals surface area contributed by atoms with Crippen LogP contribution in [0.25, 0.3) is 0 Å². The highest BCUT2D eigenvalue weighted by molar-refractivity contribution is 7.89. The van der Waals surface area contributed by atoms with Crippen LogP contribution in [0.4, 0.5) is 0 Å². The van der Waals surface area contributed by atoms with Crippen LogP contribution in [-0.4, -0.2) is 23.4 Å². The molecule has 110 valence electrons. The Morgan fingerprint density at radius 1 is 1.26 bits per heavy atom. The lowest BCUT2D eigenvalue weighted by atomic mass is 10.1. The Morgan fingerprint density at radius 2 is 1.95 bits per heavy atom. The number of rotatable bonds is 9. The van der Waals surface area contributed by atoms with E-state index in [1.165, 1.54) is 6.20 Å². The molecule has 5 nitrogen and oxygen atoms in total. The maximum Gasteiger partial charge on any atom is 0.254 e. The molecule has 0 fully saturated rings. The fraction of sp³-hybridized carbons (Fsp3) is 0.769. The van der Waals surface area contributed by atoms with Gasteiger partial charge in [0.1, 0.15) is 0 Å². The van der Waals surface area contributed by atoms with E-state index in [0.717, 1.165) is 36.2 Å². The summed E-state index contributed by atoms with van der Waals surface area (Å²) in [5, 5.41) is 3.94. The van der Waals surface area contributed by atoms with Gasteiger partial charge in [-0.2, -0.15) is 9.19 Å². The van der Waals surface area contributed by atoms with E-state index in [2.05, 4.69) is 12.0 Å². The highest BCUT2D eigenvalue weighted by Crippen LogP contribution is 2.18. The monoisotopic (exact) mass is 287 g/mol. The van der Waals surface area contributed by atoms with Crippen LogP contribution in [0.5, 0.6) is 0 Å². The lowest BCUT2D eigenvalue weighted by Gasteiger charge is -2.14. The molecule has 0 aliphatic rings.